The maximum absolute atomic E-state index is 6.33. The lowest BCUT2D eigenvalue weighted by Crippen LogP contribution is -2.18. The molecule has 0 radical (unpaired) electrons. The SMILES string of the molecule is CCc1ccc(CC(N)c2cc(C)nn2CC)cc1. The van der Waals surface area contributed by atoms with Crippen molar-refractivity contribution in [3.05, 3.63) is 52.8 Å². The van der Waals surface area contributed by atoms with E-state index in [2.05, 4.69) is 49.3 Å². The molecule has 3 nitrogen and oxygen atoms in total. The fourth-order valence-electron chi connectivity index (χ4n) is 2.39. The molecule has 1 atom stereocenters. The summed E-state index contributed by atoms with van der Waals surface area (Å²) in [6.07, 6.45) is 1.93. The van der Waals surface area contributed by atoms with Crippen molar-refractivity contribution in [1.29, 1.82) is 0 Å². The lowest BCUT2D eigenvalue weighted by atomic mass is 10.0. The van der Waals surface area contributed by atoms with E-state index in [1.54, 1.807) is 0 Å². The molecule has 0 aliphatic rings. The van der Waals surface area contributed by atoms with Gasteiger partial charge in [0.15, 0.2) is 0 Å². The lowest BCUT2D eigenvalue weighted by Gasteiger charge is -2.13. The van der Waals surface area contributed by atoms with Gasteiger partial charge in [-0.3, -0.25) is 4.68 Å². The van der Waals surface area contributed by atoms with Crippen LogP contribution in [0, 0.1) is 6.92 Å². The first-order valence-electron chi connectivity index (χ1n) is 7.01. The molecule has 19 heavy (non-hydrogen) atoms. The third-order valence-electron chi connectivity index (χ3n) is 3.50. The first-order valence-corrected chi connectivity index (χ1v) is 7.01. The Balaban J connectivity index is 2.12. The summed E-state index contributed by atoms with van der Waals surface area (Å²) in [5, 5.41) is 4.46. The zero-order chi connectivity index (χ0) is 13.8. The number of hydrogen-bond acceptors (Lipinski definition) is 2. The first-order chi connectivity index (χ1) is 9.13. The Morgan fingerprint density at radius 2 is 1.79 bits per heavy atom. The predicted octanol–water partition coefficient (Wildman–Crippen LogP) is 3.02. The Hall–Kier alpha value is -1.61. The molecule has 2 aromatic rings. The normalized spacial score (nSPS) is 12.6. The highest BCUT2D eigenvalue weighted by Crippen LogP contribution is 2.18. The molecular weight excluding hydrogens is 234 g/mol. The molecule has 1 heterocycles. The Labute approximate surface area is 115 Å². The second kappa shape index (κ2) is 6.02. The minimum atomic E-state index is 0.00799. The van der Waals surface area contributed by atoms with E-state index in [4.69, 9.17) is 5.73 Å². The Bertz CT molecular complexity index is 525. The van der Waals surface area contributed by atoms with E-state index < -0.39 is 0 Å². The van der Waals surface area contributed by atoms with Gasteiger partial charge in [-0.15, -0.1) is 0 Å². The van der Waals surface area contributed by atoms with Crippen LogP contribution in [0.5, 0.6) is 0 Å². The van der Waals surface area contributed by atoms with Crippen LogP contribution in [0.2, 0.25) is 0 Å². The van der Waals surface area contributed by atoms with Gasteiger partial charge in [0, 0.05) is 6.54 Å². The Morgan fingerprint density at radius 1 is 1.16 bits per heavy atom. The topological polar surface area (TPSA) is 43.8 Å². The van der Waals surface area contributed by atoms with E-state index in [0.29, 0.717) is 0 Å². The van der Waals surface area contributed by atoms with E-state index in [-0.39, 0.29) is 6.04 Å². The minimum absolute atomic E-state index is 0.00799. The van der Waals surface area contributed by atoms with Crippen LogP contribution in [0.25, 0.3) is 0 Å². The molecule has 0 aliphatic carbocycles. The third-order valence-corrected chi connectivity index (χ3v) is 3.50. The van der Waals surface area contributed by atoms with E-state index in [1.165, 1.54) is 11.1 Å². The third kappa shape index (κ3) is 3.24. The molecule has 1 unspecified atom stereocenters. The van der Waals surface area contributed by atoms with Gasteiger partial charge in [0.1, 0.15) is 0 Å². The van der Waals surface area contributed by atoms with Gasteiger partial charge in [-0.25, -0.2) is 0 Å². The smallest absolute Gasteiger partial charge is 0.0597 e. The van der Waals surface area contributed by atoms with Crippen LogP contribution in [-0.2, 0) is 19.4 Å². The predicted molar refractivity (Wildman–Crippen MR) is 79.1 cm³/mol. The highest BCUT2D eigenvalue weighted by Gasteiger charge is 2.13. The fraction of sp³-hybridized carbons (Fsp3) is 0.438. The van der Waals surface area contributed by atoms with Crippen LogP contribution in [0.4, 0.5) is 0 Å². The van der Waals surface area contributed by atoms with Crippen LogP contribution in [0.1, 0.15) is 42.4 Å². The monoisotopic (exact) mass is 257 g/mol. The standard InChI is InChI=1S/C16H23N3/c1-4-13-6-8-14(9-7-13)11-15(17)16-10-12(3)18-19(16)5-2/h6-10,15H,4-5,11,17H2,1-3H3. The molecule has 1 aromatic heterocycles. The highest BCUT2D eigenvalue weighted by molar-refractivity contribution is 5.25. The number of aryl methyl sites for hydroxylation is 3. The average molecular weight is 257 g/mol. The lowest BCUT2D eigenvalue weighted by molar-refractivity contribution is 0.566. The number of aromatic nitrogens is 2. The van der Waals surface area contributed by atoms with Crippen LogP contribution in [-0.4, -0.2) is 9.78 Å². The second-order valence-corrected chi connectivity index (χ2v) is 5.01. The minimum Gasteiger partial charge on any atom is -0.322 e. The van der Waals surface area contributed by atoms with Gasteiger partial charge in [0.25, 0.3) is 0 Å². The quantitative estimate of drug-likeness (QED) is 0.894. The molecule has 2 N–H and O–H groups in total. The van der Waals surface area contributed by atoms with Crippen molar-refractivity contribution in [2.24, 2.45) is 5.73 Å². The summed E-state index contributed by atoms with van der Waals surface area (Å²) in [5.41, 5.74) is 11.1. The maximum atomic E-state index is 6.33. The van der Waals surface area contributed by atoms with Crippen molar-refractivity contribution in [2.75, 3.05) is 0 Å². The first kappa shape index (κ1) is 13.8. The molecule has 0 amide bonds. The zero-order valence-corrected chi connectivity index (χ0v) is 12.1. The molecule has 1 aromatic carbocycles. The van der Waals surface area contributed by atoms with Crippen molar-refractivity contribution >= 4 is 0 Å². The van der Waals surface area contributed by atoms with E-state index in [0.717, 1.165) is 30.8 Å². The van der Waals surface area contributed by atoms with E-state index in [1.807, 2.05) is 11.6 Å². The number of hydrogen-bond donors (Lipinski definition) is 1. The molecule has 0 spiro atoms. The van der Waals surface area contributed by atoms with Crippen LogP contribution in [0.15, 0.2) is 30.3 Å². The number of benzene rings is 1. The van der Waals surface area contributed by atoms with Crippen molar-refractivity contribution in [3.8, 4) is 0 Å². The molecule has 3 heteroatoms. The summed E-state index contributed by atoms with van der Waals surface area (Å²) in [7, 11) is 0. The number of rotatable bonds is 5. The van der Waals surface area contributed by atoms with Crippen LogP contribution in [0.3, 0.4) is 0 Å². The molecule has 0 saturated heterocycles. The molecule has 0 bridgehead atoms. The summed E-state index contributed by atoms with van der Waals surface area (Å²) >= 11 is 0. The van der Waals surface area contributed by atoms with Gasteiger partial charge < -0.3 is 5.73 Å². The van der Waals surface area contributed by atoms with Crippen molar-refractivity contribution in [2.45, 2.75) is 46.2 Å². The average Bonchev–Trinajstić information content (AvgIpc) is 2.81. The van der Waals surface area contributed by atoms with Gasteiger partial charge in [-0.05, 0) is 43.9 Å². The highest BCUT2D eigenvalue weighted by atomic mass is 15.3. The Morgan fingerprint density at radius 3 is 2.37 bits per heavy atom. The molecule has 0 aliphatic heterocycles. The summed E-state index contributed by atoms with van der Waals surface area (Å²) in [6, 6.07) is 10.8. The molecule has 0 saturated carbocycles. The van der Waals surface area contributed by atoms with Crippen molar-refractivity contribution in [3.63, 3.8) is 0 Å². The van der Waals surface area contributed by atoms with Gasteiger partial charge >= 0.3 is 0 Å². The summed E-state index contributed by atoms with van der Waals surface area (Å²) < 4.78 is 2.00. The second-order valence-electron chi connectivity index (χ2n) is 5.01. The van der Waals surface area contributed by atoms with Crippen molar-refractivity contribution < 1.29 is 0 Å². The maximum Gasteiger partial charge on any atom is 0.0597 e. The van der Waals surface area contributed by atoms with Gasteiger partial charge in [-0.1, -0.05) is 31.2 Å². The van der Waals surface area contributed by atoms with E-state index >= 15 is 0 Å². The van der Waals surface area contributed by atoms with Crippen molar-refractivity contribution in [1.82, 2.24) is 9.78 Å². The molecular formula is C16H23N3. The fourth-order valence-corrected chi connectivity index (χ4v) is 2.39. The summed E-state index contributed by atoms with van der Waals surface area (Å²) in [5.74, 6) is 0. The van der Waals surface area contributed by atoms with Gasteiger partial charge in [0.05, 0.1) is 17.4 Å². The van der Waals surface area contributed by atoms with E-state index in [9.17, 15) is 0 Å². The molecule has 2 rings (SSSR count). The summed E-state index contributed by atoms with van der Waals surface area (Å²) in [4.78, 5) is 0. The van der Waals surface area contributed by atoms with Crippen LogP contribution < -0.4 is 5.73 Å². The summed E-state index contributed by atoms with van der Waals surface area (Å²) in [6.45, 7) is 7.14. The Kier molecular flexibility index (Phi) is 4.38. The number of nitrogens with two attached hydrogens (primary N) is 1. The van der Waals surface area contributed by atoms with Crippen LogP contribution >= 0.6 is 0 Å². The number of nitrogens with zero attached hydrogens (tertiary/aromatic N) is 2. The molecule has 102 valence electrons. The zero-order valence-electron chi connectivity index (χ0n) is 12.1. The molecule has 0 fully saturated rings. The van der Waals surface area contributed by atoms with Gasteiger partial charge in [-0.2, -0.15) is 5.10 Å². The largest absolute Gasteiger partial charge is 0.322 e. The van der Waals surface area contributed by atoms with Gasteiger partial charge in [0.2, 0.25) is 0 Å².